The van der Waals surface area contributed by atoms with Crippen LogP contribution >= 0.6 is 0 Å². The molecule has 0 aromatic heterocycles. The fourth-order valence-corrected chi connectivity index (χ4v) is 3.56. The molecule has 1 aliphatic rings. The summed E-state index contributed by atoms with van der Waals surface area (Å²) in [7, 11) is 0. The summed E-state index contributed by atoms with van der Waals surface area (Å²) in [6.07, 6.45) is 0. The minimum Gasteiger partial charge on any atom is -0.494 e. The number of hydrogen-bond donors (Lipinski definition) is 1. The Morgan fingerprint density at radius 3 is 2.62 bits per heavy atom. The molecule has 0 saturated carbocycles. The van der Waals surface area contributed by atoms with Crippen molar-refractivity contribution < 1.29 is 14.6 Å². The molecule has 0 bridgehead atoms. The van der Waals surface area contributed by atoms with E-state index in [0.29, 0.717) is 18.3 Å². The van der Waals surface area contributed by atoms with Crippen LogP contribution < -0.4 is 4.74 Å². The summed E-state index contributed by atoms with van der Waals surface area (Å²) in [5.41, 5.74) is 0.746. The molecule has 0 spiro atoms. The van der Waals surface area contributed by atoms with Gasteiger partial charge in [0.1, 0.15) is 11.8 Å². The largest absolute Gasteiger partial charge is 0.494 e. The van der Waals surface area contributed by atoms with E-state index in [-0.39, 0.29) is 6.04 Å². The van der Waals surface area contributed by atoms with Crippen molar-refractivity contribution in [3.8, 4) is 5.75 Å². The zero-order chi connectivity index (χ0) is 17.7. The molecule has 1 aliphatic heterocycles. The van der Waals surface area contributed by atoms with E-state index in [1.165, 1.54) is 0 Å². The third kappa shape index (κ3) is 4.48. The molecule has 1 saturated heterocycles. The van der Waals surface area contributed by atoms with Crippen LogP contribution in [0.25, 0.3) is 0 Å². The third-order valence-corrected chi connectivity index (χ3v) is 4.47. The van der Waals surface area contributed by atoms with E-state index in [1.807, 2.05) is 31.2 Å². The van der Waals surface area contributed by atoms with Gasteiger partial charge in [0.2, 0.25) is 0 Å². The summed E-state index contributed by atoms with van der Waals surface area (Å²) in [4.78, 5) is 16.6. The van der Waals surface area contributed by atoms with Crippen LogP contribution in [0.15, 0.2) is 24.3 Å². The van der Waals surface area contributed by atoms with Crippen LogP contribution in [-0.4, -0.2) is 59.7 Å². The lowest BCUT2D eigenvalue weighted by atomic mass is 10.0. The van der Waals surface area contributed by atoms with E-state index in [9.17, 15) is 9.90 Å². The van der Waals surface area contributed by atoms with Crippen molar-refractivity contribution in [2.75, 3.05) is 32.8 Å². The molecule has 1 aromatic carbocycles. The molecule has 24 heavy (non-hydrogen) atoms. The Balaban J connectivity index is 2.22. The van der Waals surface area contributed by atoms with E-state index in [0.717, 1.165) is 31.7 Å². The maximum absolute atomic E-state index is 12.0. The predicted octanol–water partition coefficient (Wildman–Crippen LogP) is 2.87. The summed E-state index contributed by atoms with van der Waals surface area (Å²) in [5.74, 6) is 0.480. The lowest BCUT2D eigenvalue weighted by Gasteiger charge is -2.43. The number of rotatable bonds is 7. The Morgan fingerprint density at radius 1 is 1.33 bits per heavy atom. The molecule has 2 rings (SSSR count). The molecular formula is C19H30N2O3. The molecule has 1 heterocycles. The van der Waals surface area contributed by atoms with Crippen LogP contribution in [0.4, 0.5) is 0 Å². The van der Waals surface area contributed by atoms with Crippen molar-refractivity contribution in [2.45, 2.75) is 39.8 Å². The highest BCUT2D eigenvalue weighted by Crippen LogP contribution is 2.32. The van der Waals surface area contributed by atoms with Gasteiger partial charge in [-0.2, -0.15) is 0 Å². The van der Waals surface area contributed by atoms with Gasteiger partial charge in [0, 0.05) is 37.8 Å². The Labute approximate surface area is 145 Å². The molecular weight excluding hydrogens is 304 g/mol. The van der Waals surface area contributed by atoms with E-state index in [1.54, 1.807) is 0 Å². The van der Waals surface area contributed by atoms with Crippen LogP contribution in [0.5, 0.6) is 5.75 Å². The van der Waals surface area contributed by atoms with E-state index >= 15 is 0 Å². The number of para-hydroxylation sites is 1. The number of carboxylic acids is 1. The fraction of sp³-hybridized carbons (Fsp3) is 0.632. The highest BCUT2D eigenvalue weighted by Gasteiger charge is 2.36. The Hall–Kier alpha value is -1.59. The van der Waals surface area contributed by atoms with Crippen molar-refractivity contribution in [1.29, 1.82) is 0 Å². The summed E-state index contributed by atoms with van der Waals surface area (Å²) < 4.78 is 5.67. The van der Waals surface area contributed by atoms with Crippen LogP contribution in [-0.2, 0) is 4.79 Å². The SMILES string of the molecule is CCOc1ccccc1C(C(=O)O)N1CCN(CC(C)C)CC1C. The Kier molecular flexibility index (Phi) is 6.63. The molecule has 0 amide bonds. The first kappa shape index (κ1) is 18.7. The second-order valence-electron chi connectivity index (χ2n) is 6.95. The second-order valence-corrected chi connectivity index (χ2v) is 6.95. The molecule has 0 radical (unpaired) electrons. The van der Waals surface area contributed by atoms with Gasteiger partial charge in [-0.1, -0.05) is 32.0 Å². The van der Waals surface area contributed by atoms with Crippen LogP contribution in [0.2, 0.25) is 0 Å². The molecule has 2 atom stereocenters. The van der Waals surface area contributed by atoms with Crippen molar-refractivity contribution >= 4 is 5.97 Å². The average molecular weight is 334 g/mol. The third-order valence-electron chi connectivity index (χ3n) is 4.47. The minimum absolute atomic E-state index is 0.188. The number of benzene rings is 1. The van der Waals surface area contributed by atoms with Gasteiger partial charge in [0.05, 0.1) is 6.61 Å². The van der Waals surface area contributed by atoms with Gasteiger partial charge in [0.15, 0.2) is 0 Å². The number of nitrogens with zero attached hydrogens (tertiary/aromatic N) is 2. The molecule has 1 aromatic rings. The molecule has 2 unspecified atom stereocenters. The number of aliphatic carboxylic acids is 1. The molecule has 1 N–H and O–H groups in total. The van der Waals surface area contributed by atoms with Crippen molar-refractivity contribution in [3.05, 3.63) is 29.8 Å². The fourth-order valence-electron chi connectivity index (χ4n) is 3.56. The predicted molar refractivity (Wildman–Crippen MR) is 95.4 cm³/mol. The van der Waals surface area contributed by atoms with E-state index in [2.05, 4.69) is 30.6 Å². The first-order valence-electron chi connectivity index (χ1n) is 8.86. The van der Waals surface area contributed by atoms with Crippen molar-refractivity contribution in [1.82, 2.24) is 9.80 Å². The topological polar surface area (TPSA) is 53.0 Å². The monoisotopic (exact) mass is 334 g/mol. The maximum Gasteiger partial charge on any atom is 0.325 e. The van der Waals surface area contributed by atoms with Gasteiger partial charge in [-0.05, 0) is 25.8 Å². The number of ether oxygens (including phenoxy) is 1. The van der Waals surface area contributed by atoms with E-state index in [4.69, 9.17) is 4.74 Å². The zero-order valence-corrected chi connectivity index (χ0v) is 15.2. The van der Waals surface area contributed by atoms with E-state index < -0.39 is 12.0 Å². The quantitative estimate of drug-likeness (QED) is 0.831. The first-order chi connectivity index (χ1) is 11.4. The van der Waals surface area contributed by atoms with Crippen LogP contribution in [0.3, 0.4) is 0 Å². The Morgan fingerprint density at radius 2 is 2.04 bits per heavy atom. The molecule has 1 fully saturated rings. The number of piperazine rings is 1. The lowest BCUT2D eigenvalue weighted by molar-refractivity contribution is -0.146. The second kappa shape index (κ2) is 8.49. The highest BCUT2D eigenvalue weighted by molar-refractivity contribution is 5.76. The summed E-state index contributed by atoms with van der Waals surface area (Å²) >= 11 is 0. The number of hydrogen-bond acceptors (Lipinski definition) is 4. The molecule has 5 nitrogen and oxygen atoms in total. The Bertz CT molecular complexity index is 547. The summed E-state index contributed by atoms with van der Waals surface area (Å²) in [5, 5.41) is 9.89. The van der Waals surface area contributed by atoms with Gasteiger partial charge in [-0.15, -0.1) is 0 Å². The smallest absolute Gasteiger partial charge is 0.325 e. The summed E-state index contributed by atoms with van der Waals surface area (Å²) in [6, 6.07) is 7.02. The molecule has 5 heteroatoms. The normalized spacial score (nSPS) is 21.0. The van der Waals surface area contributed by atoms with Crippen LogP contribution in [0.1, 0.15) is 39.3 Å². The van der Waals surface area contributed by atoms with Gasteiger partial charge in [-0.3, -0.25) is 9.69 Å². The lowest BCUT2D eigenvalue weighted by Crippen LogP contribution is -2.54. The molecule has 134 valence electrons. The molecule has 0 aliphatic carbocycles. The van der Waals surface area contributed by atoms with Crippen molar-refractivity contribution in [2.24, 2.45) is 5.92 Å². The highest BCUT2D eigenvalue weighted by atomic mass is 16.5. The van der Waals surface area contributed by atoms with Gasteiger partial charge >= 0.3 is 5.97 Å². The van der Waals surface area contributed by atoms with Crippen LogP contribution in [0, 0.1) is 5.92 Å². The standard InChI is InChI=1S/C19H30N2O3/c1-5-24-17-9-7-6-8-16(17)18(19(22)23)21-11-10-20(12-14(2)3)13-15(21)4/h6-9,14-15,18H,5,10-13H2,1-4H3,(H,22,23). The average Bonchev–Trinajstić information content (AvgIpc) is 2.50. The van der Waals surface area contributed by atoms with Gasteiger partial charge < -0.3 is 14.7 Å². The van der Waals surface area contributed by atoms with Crippen molar-refractivity contribution in [3.63, 3.8) is 0 Å². The number of carbonyl (C=O) groups is 1. The number of carboxylic acid groups (broad SMARTS) is 1. The van der Waals surface area contributed by atoms with Gasteiger partial charge in [-0.25, -0.2) is 0 Å². The minimum atomic E-state index is -0.814. The first-order valence-corrected chi connectivity index (χ1v) is 8.86. The van der Waals surface area contributed by atoms with Gasteiger partial charge in [0.25, 0.3) is 0 Å². The maximum atomic E-state index is 12.0. The zero-order valence-electron chi connectivity index (χ0n) is 15.2. The summed E-state index contributed by atoms with van der Waals surface area (Å²) in [6.45, 7) is 12.6.